The van der Waals surface area contributed by atoms with Crippen molar-refractivity contribution in [3.8, 4) is 11.5 Å². The van der Waals surface area contributed by atoms with Crippen molar-refractivity contribution in [3.05, 3.63) is 58.9 Å². The molecule has 1 amide bonds. The molecule has 0 spiro atoms. The molecule has 2 aromatic carbocycles. The number of hydrogen-bond acceptors (Lipinski definition) is 5. The van der Waals surface area contributed by atoms with E-state index in [-0.39, 0.29) is 16.8 Å². The fourth-order valence-corrected chi connectivity index (χ4v) is 3.14. The number of alkyl halides is 3. The molecule has 0 radical (unpaired) electrons. The smallest absolute Gasteiger partial charge is 0.411 e. The van der Waals surface area contributed by atoms with Crippen LogP contribution in [0.2, 0.25) is 5.02 Å². The Morgan fingerprint density at radius 1 is 1.17 bits per heavy atom. The van der Waals surface area contributed by atoms with Gasteiger partial charge in [-0.25, -0.2) is 4.39 Å². The largest absolute Gasteiger partial charge is 0.417 e. The number of thioether (sulfide) groups is 1. The maximum Gasteiger partial charge on any atom is 0.417 e. The average Bonchev–Trinajstić information content (AvgIpc) is 3.11. The molecule has 3 rings (SSSR count). The van der Waals surface area contributed by atoms with E-state index in [2.05, 4.69) is 15.5 Å². The predicted molar refractivity (Wildman–Crippen MR) is 100 cm³/mol. The number of rotatable bonds is 5. The third kappa shape index (κ3) is 5.27. The van der Waals surface area contributed by atoms with Crippen molar-refractivity contribution < 1.29 is 26.8 Å². The number of carbonyl (C=O) groups is 1. The molecule has 11 heteroatoms. The third-order valence-electron chi connectivity index (χ3n) is 3.68. The first-order valence-corrected chi connectivity index (χ1v) is 9.33. The molecule has 1 unspecified atom stereocenters. The predicted octanol–water partition coefficient (Wildman–Crippen LogP) is 5.67. The second-order valence-electron chi connectivity index (χ2n) is 5.82. The van der Waals surface area contributed by atoms with Crippen LogP contribution in [-0.2, 0) is 11.0 Å². The molecule has 1 atom stereocenters. The molecule has 1 aromatic heterocycles. The van der Waals surface area contributed by atoms with Gasteiger partial charge in [-0.1, -0.05) is 23.4 Å². The zero-order valence-electron chi connectivity index (χ0n) is 14.6. The number of hydrogen-bond donors (Lipinski definition) is 1. The van der Waals surface area contributed by atoms with Gasteiger partial charge in [0.2, 0.25) is 11.8 Å². The Kier molecular flexibility index (Phi) is 6.13. The molecule has 0 saturated heterocycles. The van der Waals surface area contributed by atoms with Gasteiger partial charge in [-0.15, -0.1) is 10.2 Å². The first kappa shape index (κ1) is 21.1. The molecule has 0 fully saturated rings. The van der Waals surface area contributed by atoms with Crippen molar-refractivity contribution in [2.45, 2.75) is 23.6 Å². The zero-order chi connectivity index (χ0) is 21.2. The van der Waals surface area contributed by atoms with Crippen LogP contribution in [-0.4, -0.2) is 21.4 Å². The summed E-state index contributed by atoms with van der Waals surface area (Å²) in [7, 11) is 0. The summed E-state index contributed by atoms with van der Waals surface area (Å²) < 4.78 is 57.2. The molecule has 0 saturated carbocycles. The Labute approximate surface area is 171 Å². The highest BCUT2D eigenvalue weighted by Gasteiger charge is 2.33. The van der Waals surface area contributed by atoms with Crippen LogP contribution in [0, 0.1) is 5.82 Å². The van der Waals surface area contributed by atoms with E-state index in [4.69, 9.17) is 16.0 Å². The molecule has 5 nitrogen and oxygen atoms in total. The van der Waals surface area contributed by atoms with E-state index in [1.807, 2.05) is 0 Å². The van der Waals surface area contributed by atoms with Crippen LogP contribution in [0.1, 0.15) is 12.5 Å². The maximum absolute atomic E-state index is 13.0. The number of carbonyl (C=O) groups excluding carboxylic acids is 1. The molecule has 1 heterocycles. The quantitative estimate of drug-likeness (QED) is 0.405. The standard InChI is InChI=1S/C18H12ClF4N3O2S/c1-9(15(27)24-12-6-7-14(19)13(8-12)18(21,22)23)29-17-26-25-16(28-17)10-2-4-11(20)5-3-10/h2-9H,1H3,(H,24,27). The summed E-state index contributed by atoms with van der Waals surface area (Å²) in [5.41, 5.74) is -0.585. The summed E-state index contributed by atoms with van der Waals surface area (Å²) in [6, 6.07) is 8.50. The van der Waals surface area contributed by atoms with Crippen LogP contribution in [0.15, 0.2) is 52.1 Å². The molecule has 29 heavy (non-hydrogen) atoms. The fraction of sp³-hybridized carbons (Fsp3) is 0.167. The lowest BCUT2D eigenvalue weighted by Gasteiger charge is -2.13. The van der Waals surface area contributed by atoms with E-state index in [0.29, 0.717) is 5.56 Å². The van der Waals surface area contributed by atoms with E-state index in [9.17, 15) is 22.4 Å². The molecular formula is C18H12ClF4N3O2S. The Bertz CT molecular complexity index is 1020. The minimum atomic E-state index is -4.64. The van der Waals surface area contributed by atoms with Gasteiger partial charge < -0.3 is 9.73 Å². The van der Waals surface area contributed by atoms with Crippen molar-refractivity contribution in [2.75, 3.05) is 5.32 Å². The first-order chi connectivity index (χ1) is 13.6. The summed E-state index contributed by atoms with van der Waals surface area (Å²) >= 11 is 6.49. The van der Waals surface area contributed by atoms with Gasteiger partial charge >= 0.3 is 6.18 Å². The van der Waals surface area contributed by atoms with Crippen molar-refractivity contribution in [1.82, 2.24) is 10.2 Å². The van der Waals surface area contributed by atoms with E-state index in [1.54, 1.807) is 0 Å². The second kappa shape index (κ2) is 8.42. The van der Waals surface area contributed by atoms with Crippen molar-refractivity contribution >= 4 is 35.0 Å². The van der Waals surface area contributed by atoms with Crippen LogP contribution >= 0.6 is 23.4 Å². The topological polar surface area (TPSA) is 68.0 Å². The number of nitrogens with zero attached hydrogens (tertiary/aromatic N) is 2. The minimum absolute atomic E-state index is 0.0447. The Balaban J connectivity index is 1.66. The Morgan fingerprint density at radius 2 is 1.86 bits per heavy atom. The zero-order valence-corrected chi connectivity index (χ0v) is 16.2. The Morgan fingerprint density at radius 3 is 2.52 bits per heavy atom. The Hall–Kier alpha value is -2.59. The lowest BCUT2D eigenvalue weighted by molar-refractivity contribution is -0.137. The maximum atomic E-state index is 13.0. The molecular weight excluding hydrogens is 434 g/mol. The SMILES string of the molecule is CC(Sc1nnc(-c2ccc(F)cc2)o1)C(=O)Nc1ccc(Cl)c(C(F)(F)F)c1. The number of benzene rings is 2. The van der Waals surface area contributed by atoms with Gasteiger partial charge in [0, 0.05) is 11.3 Å². The van der Waals surface area contributed by atoms with Gasteiger partial charge in [-0.05, 0) is 49.4 Å². The average molecular weight is 446 g/mol. The van der Waals surface area contributed by atoms with Crippen molar-refractivity contribution in [3.63, 3.8) is 0 Å². The van der Waals surface area contributed by atoms with Crippen LogP contribution in [0.3, 0.4) is 0 Å². The lowest BCUT2D eigenvalue weighted by atomic mass is 10.2. The van der Waals surface area contributed by atoms with Crippen LogP contribution in [0.25, 0.3) is 11.5 Å². The molecule has 0 aliphatic heterocycles. The number of amides is 1. The van der Waals surface area contributed by atoms with Crippen LogP contribution in [0.4, 0.5) is 23.2 Å². The van der Waals surface area contributed by atoms with Gasteiger partial charge in [0.05, 0.1) is 15.8 Å². The van der Waals surface area contributed by atoms with Gasteiger partial charge in [0.1, 0.15) is 5.82 Å². The summed E-state index contributed by atoms with van der Waals surface area (Å²) in [6.07, 6.45) is -4.64. The summed E-state index contributed by atoms with van der Waals surface area (Å²) in [5.74, 6) is -0.830. The molecule has 0 aliphatic carbocycles. The second-order valence-corrected chi connectivity index (χ2v) is 7.52. The number of anilines is 1. The first-order valence-electron chi connectivity index (χ1n) is 8.07. The van der Waals surface area contributed by atoms with Crippen molar-refractivity contribution in [1.29, 1.82) is 0 Å². The molecule has 152 valence electrons. The van der Waals surface area contributed by atoms with Gasteiger partial charge in [-0.3, -0.25) is 4.79 Å². The van der Waals surface area contributed by atoms with Gasteiger partial charge in [0.15, 0.2) is 0 Å². The minimum Gasteiger partial charge on any atom is -0.411 e. The lowest BCUT2D eigenvalue weighted by Crippen LogP contribution is -2.22. The van der Waals surface area contributed by atoms with E-state index >= 15 is 0 Å². The summed E-state index contributed by atoms with van der Waals surface area (Å²) in [5, 5.41) is 8.91. The molecule has 3 aromatic rings. The molecule has 0 aliphatic rings. The third-order valence-corrected chi connectivity index (χ3v) is 4.95. The fourth-order valence-electron chi connectivity index (χ4n) is 2.24. The monoisotopic (exact) mass is 445 g/mol. The summed E-state index contributed by atoms with van der Waals surface area (Å²) in [4.78, 5) is 12.3. The normalized spacial score (nSPS) is 12.6. The number of aromatic nitrogens is 2. The van der Waals surface area contributed by atoms with Gasteiger partial charge in [0.25, 0.3) is 5.22 Å². The van der Waals surface area contributed by atoms with Crippen LogP contribution in [0.5, 0.6) is 0 Å². The van der Waals surface area contributed by atoms with Crippen LogP contribution < -0.4 is 5.32 Å². The number of halogens is 5. The molecule has 1 N–H and O–H groups in total. The van der Waals surface area contributed by atoms with E-state index in [1.165, 1.54) is 37.3 Å². The van der Waals surface area contributed by atoms with E-state index < -0.39 is 33.7 Å². The van der Waals surface area contributed by atoms with Crippen molar-refractivity contribution in [2.24, 2.45) is 0 Å². The number of nitrogens with one attached hydrogen (secondary N) is 1. The van der Waals surface area contributed by atoms with E-state index in [0.717, 1.165) is 23.9 Å². The van der Waals surface area contributed by atoms with Gasteiger partial charge in [-0.2, -0.15) is 13.2 Å². The summed E-state index contributed by atoms with van der Waals surface area (Å²) in [6.45, 7) is 1.53. The highest BCUT2D eigenvalue weighted by molar-refractivity contribution is 8.00. The molecule has 0 bridgehead atoms. The highest BCUT2D eigenvalue weighted by atomic mass is 35.5. The highest BCUT2D eigenvalue weighted by Crippen LogP contribution is 2.36.